The van der Waals surface area contributed by atoms with Gasteiger partial charge in [-0.05, 0) is 36.2 Å². The fraction of sp³-hybridized carbons (Fsp3) is 0.333. The fourth-order valence-corrected chi connectivity index (χ4v) is 2.30. The van der Waals surface area contributed by atoms with E-state index in [1.165, 1.54) is 0 Å². The lowest BCUT2D eigenvalue weighted by atomic mass is 10.2. The van der Waals surface area contributed by atoms with E-state index in [0.717, 1.165) is 11.4 Å². The topological polar surface area (TPSA) is 79.5 Å². The van der Waals surface area contributed by atoms with E-state index in [9.17, 15) is 9.59 Å². The van der Waals surface area contributed by atoms with E-state index in [1.807, 2.05) is 24.3 Å². The lowest BCUT2D eigenvalue weighted by molar-refractivity contribution is -0.116. The molecule has 27 heavy (non-hydrogen) atoms. The lowest BCUT2D eigenvalue weighted by Crippen LogP contribution is -2.22. The second kappa shape index (κ2) is 10.2. The number of benzene rings is 2. The van der Waals surface area contributed by atoms with Crippen LogP contribution in [0.5, 0.6) is 5.75 Å². The third kappa shape index (κ3) is 7.01. The minimum absolute atomic E-state index is 0.0712. The fourth-order valence-electron chi connectivity index (χ4n) is 2.30. The molecule has 0 unspecified atom stereocenters. The molecule has 0 bridgehead atoms. The van der Waals surface area contributed by atoms with Crippen molar-refractivity contribution in [1.29, 1.82) is 0 Å². The molecule has 0 aliphatic rings. The van der Waals surface area contributed by atoms with Crippen LogP contribution >= 0.6 is 0 Å². The van der Waals surface area contributed by atoms with E-state index in [0.29, 0.717) is 30.3 Å². The zero-order valence-electron chi connectivity index (χ0n) is 16.0. The highest BCUT2D eigenvalue weighted by atomic mass is 16.5. The quantitative estimate of drug-likeness (QED) is 0.621. The van der Waals surface area contributed by atoms with Crippen LogP contribution in [0, 0.1) is 5.92 Å². The molecule has 6 heteroatoms. The molecule has 0 aliphatic heterocycles. The highest BCUT2D eigenvalue weighted by Crippen LogP contribution is 2.24. The summed E-state index contributed by atoms with van der Waals surface area (Å²) in [5, 5.41) is 8.70. The molecule has 2 amide bonds. The molecule has 0 radical (unpaired) electrons. The summed E-state index contributed by atoms with van der Waals surface area (Å²) in [6.45, 7) is 6.67. The van der Waals surface area contributed by atoms with Gasteiger partial charge in [-0.1, -0.05) is 39.0 Å². The first-order valence-corrected chi connectivity index (χ1v) is 9.13. The Labute approximate surface area is 160 Å². The first-order valence-electron chi connectivity index (χ1n) is 9.13. The molecular formula is C21H27N3O3. The molecule has 6 nitrogen and oxygen atoms in total. The number of amides is 2. The molecule has 144 valence electrons. The molecule has 3 N–H and O–H groups in total. The van der Waals surface area contributed by atoms with Gasteiger partial charge in [-0.15, -0.1) is 0 Å². The summed E-state index contributed by atoms with van der Waals surface area (Å²) in [4.78, 5) is 23.7. The second-order valence-electron chi connectivity index (χ2n) is 6.59. The maximum atomic E-state index is 12.3. The van der Waals surface area contributed by atoms with Crippen LogP contribution in [0.1, 0.15) is 27.2 Å². The highest BCUT2D eigenvalue weighted by molar-refractivity contribution is 5.95. The summed E-state index contributed by atoms with van der Waals surface area (Å²) in [5.74, 6) is 0.885. The Morgan fingerprint density at radius 2 is 1.63 bits per heavy atom. The maximum Gasteiger partial charge on any atom is 0.243 e. The first kappa shape index (κ1) is 20.3. The predicted octanol–water partition coefficient (Wildman–Crippen LogP) is 4.12. The maximum absolute atomic E-state index is 12.3. The summed E-state index contributed by atoms with van der Waals surface area (Å²) in [6, 6.07) is 14.6. The Bertz CT molecular complexity index is 775. The van der Waals surface area contributed by atoms with Gasteiger partial charge >= 0.3 is 0 Å². The van der Waals surface area contributed by atoms with Crippen LogP contribution in [0.2, 0.25) is 0 Å². The van der Waals surface area contributed by atoms with E-state index in [4.69, 9.17) is 4.74 Å². The van der Waals surface area contributed by atoms with Crippen LogP contribution < -0.4 is 20.7 Å². The molecule has 0 aromatic heterocycles. The van der Waals surface area contributed by atoms with Gasteiger partial charge in [0, 0.05) is 17.8 Å². The minimum Gasteiger partial charge on any atom is -0.491 e. The molecular weight excluding hydrogens is 342 g/mol. The van der Waals surface area contributed by atoms with Crippen LogP contribution in [-0.2, 0) is 9.59 Å². The number of rotatable bonds is 9. The Kier molecular flexibility index (Phi) is 7.67. The Morgan fingerprint density at radius 3 is 2.30 bits per heavy atom. The number of para-hydroxylation sites is 2. The van der Waals surface area contributed by atoms with Crippen molar-refractivity contribution in [2.75, 3.05) is 29.1 Å². The van der Waals surface area contributed by atoms with Crippen molar-refractivity contribution in [2.45, 2.75) is 27.2 Å². The summed E-state index contributed by atoms with van der Waals surface area (Å²) >= 11 is 0. The van der Waals surface area contributed by atoms with Crippen molar-refractivity contribution in [3.05, 3.63) is 48.5 Å². The average Bonchev–Trinajstić information content (AvgIpc) is 2.65. The molecule has 0 fully saturated rings. The van der Waals surface area contributed by atoms with Gasteiger partial charge < -0.3 is 20.7 Å². The van der Waals surface area contributed by atoms with Crippen molar-refractivity contribution in [2.24, 2.45) is 5.92 Å². The third-order valence-corrected chi connectivity index (χ3v) is 3.65. The van der Waals surface area contributed by atoms with Crippen LogP contribution in [-0.4, -0.2) is 25.0 Å². The summed E-state index contributed by atoms with van der Waals surface area (Å²) in [5.41, 5.74) is 2.05. The zero-order valence-corrected chi connectivity index (χ0v) is 16.0. The van der Waals surface area contributed by atoms with Crippen LogP contribution in [0.15, 0.2) is 48.5 Å². The zero-order chi connectivity index (χ0) is 19.6. The molecule has 0 aliphatic carbocycles. The molecule has 2 aromatic rings. The number of hydrogen-bond donors (Lipinski definition) is 3. The van der Waals surface area contributed by atoms with E-state index in [1.54, 1.807) is 31.2 Å². The molecule has 2 aromatic carbocycles. The number of ether oxygens (including phenoxy) is 1. The standard InChI is InChI=1S/C21H27N3O3/c1-4-20(25)23-16-8-7-9-17(12-16)24-21(26)13-22-18-10-5-6-11-19(18)27-14-15(2)3/h5-12,15,22H,4,13-14H2,1-3H3,(H,23,25)(H,24,26). The number of carbonyl (C=O) groups is 2. The minimum atomic E-state index is -0.187. The number of carbonyl (C=O) groups excluding carboxylic acids is 2. The molecule has 0 atom stereocenters. The van der Waals surface area contributed by atoms with Crippen LogP contribution in [0.3, 0.4) is 0 Å². The van der Waals surface area contributed by atoms with Gasteiger partial charge in [0.1, 0.15) is 5.75 Å². The Hall–Kier alpha value is -3.02. The van der Waals surface area contributed by atoms with Crippen molar-refractivity contribution in [1.82, 2.24) is 0 Å². The Balaban J connectivity index is 1.91. The molecule has 2 rings (SSSR count). The predicted molar refractivity (Wildman–Crippen MR) is 109 cm³/mol. The first-order chi connectivity index (χ1) is 13.0. The number of anilines is 3. The monoisotopic (exact) mass is 369 g/mol. The van der Waals surface area contributed by atoms with Crippen LogP contribution in [0.4, 0.5) is 17.1 Å². The van der Waals surface area contributed by atoms with Crippen molar-refractivity contribution in [3.63, 3.8) is 0 Å². The van der Waals surface area contributed by atoms with Crippen molar-refractivity contribution < 1.29 is 14.3 Å². The van der Waals surface area contributed by atoms with E-state index >= 15 is 0 Å². The number of nitrogens with one attached hydrogen (secondary N) is 3. The smallest absolute Gasteiger partial charge is 0.243 e. The highest BCUT2D eigenvalue weighted by Gasteiger charge is 2.08. The van der Waals surface area contributed by atoms with Crippen molar-refractivity contribution >= 4 is 28.9 Å². The third-order valence-electron chi connectivity index (χ3n) is 3.65. The van der Waals surface area contributed by atoms with Crippen molar-refractivity contribution in [3.8, 4) is 5.75 Å². The van der Waals surface area contributed by atoms with Gasteiger partial charge in [-0.2, -0.15) is 0 Å². The van der Waals surface area contributed by atoms with Gasteiger partial charge in [-0.25, -0.2) is 0 Å². The normalized spacial score (nSPS) is 10.4. The summed E-state index contributed by atoms with van der Waals surface area (Å²) in [6.07, 6.45) is 0.402. The molecule has 0 spiro atoms. The molecule has 0 heterocycles. The SMILES string of the molecule is CCC(=O)Nc1cccc(NC(=O)CNc2ccccc2OCC(C)C)c1. The van der Waals surface area contributed by atoms with Gasteiger partial charge in [0.05, 0.1) is 18.8 Å². The summed E-state index contributed by atoms with van der Waals surface area (Å²) < 4.78 is 5.78. The van der Waals surface area contributed by atoms with E-state index < -0.39 is 0 Å². The van der Waals surface area contributed by atoms with Crippen LogP contribution in [0.25, 0.3) is 0 Å². The average molecular weight is 369 g/mol. The van der Waals surface area contributed by atoms with Gasteiger partial charge in [0.15, 0.2) is 0 Å². The van der Waals surface area contributed by atoms with Gasteiger partial charge in [-0.3, -0.25) is 9.59 Å². The second-order valence-corrected chi connectivity index (χ2v) is 6.59. The molecule has 0 saturated heterocycles. The lowest BCUT2D eigenvalue weighted by Gasteiger charge is -2.14. The largest absolute Gasteiger partial charge is 0.491 e. The molecule has 0 saturated carbocycles. The van der Waals surface area contributed by atoms with E-state index in [-0.39, 0.29) is 18.4 Å². The summed E-state index contributed by atoms with van der Waals surface area (Å²) in [7, 11) is 0. The van der Waals surface area contributed by atoms with Gasteiger partial charge in [0.25, 0.3) is 0 Å². The van der Waals surface area contributed by atoms with Gasteiger partial charge in [0.2, 0.25) is 11.8 Å². The Morgan fingerprint density at radius 1 is 0.963 bits per heavy atom. The number of hydrogen-bond acceptors (Lipinski definition) is 4. The van der Waals surface area contributed by atoms with E-state index in [2.05, 4.69) is 29.8 Å².